The lowest BCUT2D eigenvalue weighted by Gasteiger charge is -2.21. The van der Waals surface area contributed by atoms with Gasteiger partial charge in [0.15, 0.2) is 0 Å². The summed E-state index contributed by atoms with van der Waals surface area (Å²) in [5.74, 6) is -0.341. The molecule has 13 heteroatoms. The van der Waals surface area contributed by atoms with Gasteiger partial charge in [-0.2, -0.15) is 5.10 Å². The van der Waals surface area contributed by atoms with Crippen molar-refractivity contribution in [2.75, 3.05) is 25.5 Å². The summed E-state index contributed by atoms with van der Waals surface area (Å²) in [6.07, 6.45) is 3.93. The molecule has 4 amide bonds. The Balaban J connectivity index is 1.55. The number of nitrogens with zero attached hydrogens (tertiary/aromatic N) is 6. The fourth-order valence-corrected chi connectivity index (χ4v) is 4.56. The van der Waals surface area contributed by atoms with Crippen LogP contribution >= 0.6 is 0 Å². The first-order valence-corrected chi connectivity index (χ1v) is 13.4. The van der Waals surface area contributed by atoms with Gasteiger partial charge in [-0.05, 0) is 63.1 Å². The molecule has 3 aromatic heterocycles. The molecule has 0 atom stereocenters. The average molecular weight is 562 g/mol. The number of benzene rings is 1. The number of primary amides is 1. The third-order valence-electron chi connectivity index (χ3n) is 6.60. The molecule has 0 saturated carbocycles. The van der Waals surface area contributed by atoms with Crippen LogP contribution in [0.3, 0.4) is 0 Å². The first kappa shape index (κ1) is 29.1. The molecule has 0 unspecified atom stereocenters. The normalized spacial score (nSPS) is 10.9. The standard InChI is InChI=1S/C28H35N9O4/c1-5-35(17-19-8-11-30-12-9-19)28(40)31-10-7-13-36-24-21(15-20(25(29)38)16-23(24)41-4)32-27(36)33-26(39)22-14-18(3)34-37(22)6-2/h8-9,11-12,14-16H,5-7,10,13,17H2,1-4H3,(H2,29,38)(H,31,40)(H,32,33,39). The van der Waals surface area contributed by atoms with Gasteiger partial charge in [-0.1, -0.05) is 0 Å². The zero-order valence-electron chi connectivity index (χ0n) is 23.7. The molecule has 4 N–H and O–H groups in total. The summed E-state index contributed by atoms with van der Waals surface area (Å²) < 4.78 is 8.99. The van der Waals surface area contributed by atoms with Gasteiger partial charge >= 0.3 is 6.03 Å². The maximum atomic E-state index is 13.2. The van der Waals surface area contributed by atoms with Gasteiger partial charge in [0.05, 0.1) is 18.3 Å². The van der Waals surface area contributed by atoms with Crippen molar-refractivity contribution in [2.24, 2.45) is 5.73 Å². The number of pyridine rings is 1. The van der Waals surface area contributed by atoms with Crippen LogP contribution in [-0.4, -0.2) is 67.3 Å². The number of nitrogens with two attached hydrogens (primary N) is 1. The van der Waals surface area contributed by atoms with E-state index in [-0.39, 0.29) is 23.5 Å². The van der Waals surface area contributed by atoms with Crippen molar-refractivity contribution in [3.8, 4) is 5.75 Å². The Kier molecular flexibility index (Phi) is 9.17. The number of carbonyl (C=O) groups excluding carboxylic acids is 3. The summed E-state index contributed by atoms with van der Waals surface area (Å²) in [5.41, 5.74) is 8.89. The Morgan fingerprint density at radius 1 is 1.12 bits per heavy atom. The third-order valence-corrected chi connectivity index (χ3v) is 6.60. The summed E-state index contributed by atoms with van der Waals surface area (Å²) in [7, 11) is 1.49. The number of imidazole rings is 1. The molecule has 0 saturated heterocycles. The van der Waals surface area contributed by atoms with E-state index in [0.717, 1.165) is 11.3 Å². The van der Waals surface area contributed by atoms with Crippen LogP contribution in [0.4, 0.5) is 10.7 Å². The van der Waals surface area contributed by atoms with E-state index in [1.807, 2.05) is 32.9 Å². The van der Waals surface area contributed by atoms with Gasteiger partial charge < -0.3 is 25.3 Å². The second kappa shape index (κ2) is 12.9. The second-order valence-electron chi connectivity index (χ2n) is 9.39. The number of ether oxygens (including phenoxy) is 1. The van der Waals surface area contributed by atoms with Crippen molar-refractivity contribution >= 4 is 34.8 Å². The molecule has 216 valence electrons. The molecule has 4 aromatic rings. The molecule has 0 fully saturated rings. The van der Waals surface area contributed by atoms with E-state index in [1.54, 1.807) is 44.7 Å². The van der Waals surface area contributed by atoms with Crippen LogP contribution in [0, 0.1) is 6.92 Å². The van der Waals surface area contributed by atoms with E-state index in [9.17, 15) is 14.4 Å². The Hall–Kier alpha value is -4.94. The molecule has 4 rings (SSSR count). The number of amides is 4. The molecule has 0 radical (unpaired) electrons. The number of nitrogens with one attached hydrogen (secondary N) is 2. The molecule has 3 heterocycles. The van der Waals surface area contributed by atoms with E-state index in [4.69, 9.17) is 10.5 Å². The highest BCUT2D eigenvalue weighted by Crippen LogP contribution is 2.31. The molecular weight excluding hydrogens is 526 g/mol. The summed E-state index contributed by atoms with van der Waals surface area (Å²) >= 11 is 0. The lowest BCUT2D eigenvalue weighted by molar-refractivity contribution is 0.0995. The molecule has 0 spiro atoms. The zero-order valence-corrected chi connectivity index (χ0v) is 23.7. The van der Waals surface area contributed by atoms with Crippen LogP contribution in [-0.2, 0) is 19.6 Å². The van der Waals surface area contributed by atoms with E-state index in [2.05, 4.69) is 25.7 Å². The average Bonchev–Trinajstić information content (AvgIpc) is 3.53. The van der Waals surface area contributed by atoms with Crippen molar-refractivity contribution < 1.29 is 19.1 Å². The molecule has 0 bridgehead atoms. The number of rotatable bonds is 12. The fraction of sp³-hybridized carbons (Fsp3) is 0.357. The SMILES string of the molecule is CCN(Cc1ccncc1)C(=O)NCCCn1c(NC(=O)c2cc(C)nn2CC)nc2cc(C(N)=O)cc(OC)c21. The van der Waals surface area contributed by atoms with Crippen molar-refractivity contribution in [2.45, 2.75) is 46.8 Å². The van der Waals surface area contributed by atoms with Crippen molar-refractivity contribution in [3.63, 3.8) is 0 Å². The van der Waals surface area contributed by atoms with E-state index in [1.165, 1.54) is 7.11 Å². The van der Waals surface area contributed by atoms with Crippen LogP contribution in [0.15, 0.2) is 42.7 Å². The highest BCUT2D eigenvalue weighted by atomic mass is 16.5. The first-order chi connectivity index (χ1) is 19.7. The number of anilines is 1. The number of urea groups is 1. The summed E-state index contributed by atoms with van der Waals surface area (Å²) in [6.45, 7) is 7.96. The Morgan fingerprint density at radius 2 is 1.88 bits per heavy atom. The lowest BCUT2D eigenvalue weighted by atomic mass is 10.1. The first-order valence-electron chi connectivity index (χ1n) is 13.4. The number of methoxy groups -OCH3 is 1. The number of hydrogen-bond donors (Lipinski definition) is 3. The Labute approximate surface area is 237 Å². The Bertz CT molecular complexity index is 1550. The highest BCUT2D eigenvalue weighted by Gasteiger charge is 2.21. The predicted molar refractivity (Wildman–Crippen MR) is 154 cm³/mol. The molecule has 0 aliphatic rings. The van der Waals surface area contributed by atoms with Gasteiger partial charge in [0.25, 0.3) is 5.91 Å². The largest absolute Gasteiger partial charge is 0.494 e. The monoisotopic (exact) mass is 561 g/mol. The maximum Gasteiger partial charge on any atom is 0.317 e. The fourth-order valence-electron chi connectivity index (χ4n) is 4.56. The summed E-state index contributed by atoms with van der Waals surface area (Å²) in [4.78, 5) is 48.3. The zero-order chi connectivity index (χ0) is 29.5. The number of fused-ring (bicyclic) bond motifs is 1. The quantitative estimate of drug-likeness (QED) is 0.224. The number of aromatic nitrogens is 5. The molecule has 41 heavy (non-hydrogen) atoms. The van der Waals surface area contributed by atoms with Crippen LogP contribution < -0.4 is 21.1 Å². The van der Waals surface area contributed by atoms with Gasteiger partial charge in [0, 0.05) is 50.7 Å². The predicted octanol–water partition coefficient (Wildman–Crippen LogP) is 2.94. The van der Waals surface area contributed by atoms with Crippen molar-refractivity contribution in [1.29, 1.82) is 0 Å². The van der Waals surface area contributed by atoms with E-state index < -0.39 is 5.91 Å². The van der Waals surface area contributed by atoms with E-state index in [0.29, 0.717) is 61.6 Å². The van der Waals surface area contributed by atoms with Crippen LogP contribution in [0.5, 0.6) is 5.75 Å². The molecule has 13 nitrogen and oxygen atoms in total. The van der Waals surface area contributed by atoms with Crippen LogP contribution in [0.1, 0.15) is 52.4 Å². The minimum absolute atomic E-state index is 0.180. The number of hydrogen-bond acceptors (Lipinski definition) is 7. The van der Waals surface area contributed by atoms with Crippen LogP contribution in [0.25, 0.3) is 11.0 Å². The minimum Gasteiger partial charge on any atom is -0.494 e. The van der Waals surface area contributed by atoms with Crippen molar-refractivity contribution in [1.82, 2.24) is 34.5 Å². The minimum atomic E-state index is -0.623. The summed E-state index contributed by atoms with van der Waals surface area (Å²) in [6, 6.07) is 8.39. The second-order valence-corrected chi connectivity index (χ2v) is 9.39. The van der Waals surface area contributed by atoms with Gasteiger partial charge in [0.2, 0.25) is 11.9 Å². The van der Waals surface area contributed by atoms with Gasteiger partial charge in [-0.25, -0.2) is 9.78 Å². The highest BCUT2D eigenvalue weighted by molar-refractivity contribution is 6.04. The lowest BCUT2D eigenvalue weighted by Crippen LogP contribution is -2.40. The smallest absolute Gasteiger partial charge is 0.317 e. The molecule has 0 aliphatic carbocycles. The van der Waals surface area contributed by atoms with Crippen LogP contribution in [0.2, 0.25) is 0 Å². The Morgan fingerprint density at radius 3 is 2.54 bits per heavy atom. The van der Waals surface area contributed by atoms with Crippen molar-refractivity contribution in [3.05, 3.63) is 65.2 Å². The topological polar surface area (TPSA) is 162 Å². The summed E-state index contributed by atoms with van der Waals surface area (Å²) in [5, 5.41) is 10.2. The molecule has 0 aliphatic heterocycles. The number of carbonyl (C=O) groups is 3. The maximum absolute atomic E-state index is 13.2. The third kappa shape index (κ3) is 6.62. The molecule has 1 aromatic carbocycles. The molecular formula is C28H35N9O4. The van der Waals surface area contributed by atoms with Gasteiger partial charge in [-0.3, -0.25) is 24.6 Å². The van der Waals surface area contributed by atoms with E-state index >= 15 is 0 Å². The number of aryl methyl sites for hydroxylation is 3. The van der Waals surface area contributed by atoms with Gasteiger partial charge in [0.1, 0.15) is 17.0 Å². The van der Waals surface area contributed by atoms with Gasteiger partial charge in [-0.15, -0.1) is 0 Å².